The number of aromatic hydroxyl groups is 1. The van der Waals surface area contributed by atoms with E-state index in [-0.39, 0.29) is 37.0 Å². The average Bonchev–Trinajstić information content (AvgIpc) is 3.61. The Balaban J connectivity index is 0.000000208. The molecule has 0 saturated carbocycles. The summed E-state index contributed by atoms with van der Waals surface area (Å²) in [6.45, 7) is -1.17. The molecule has 2 aliphatic rings. The summed E-state index contributed by atoms with van der Waals surface area (Å²) in [6, 6.07) is 18.5. The number of benzene rings is 3. The first-order valence-corrected chi connectivity index (χ1v) is 13.8. The van der Waals surface area contributed by atoms with E-state index in [4.69, 9.17) is 4.74 Å². The number of ether oxygens (including phenoxy) is 1. The van der Waals surface area contributed by atoms with Gasteiger partial charge in [-0.1, -0.05) is 42.5 Å². The number of phenolic OH excluding ortho intramolecular Hbond substituents is 1. The minimum Gasteiger partial charge on any atom is -0.508 e. The molecule has 5 rings (SSSR count). The summed E-state index contributed by atoms with van der Waals surface area (Å²) in [5.41, 5.74) is 4.17. The summed E-state index contributed by atoms with van der Waals surface area (Å²) < 4.78 is 29.6. The molecule has 0 spiro atoms. The second-order valence-corrected chi connectivity index (χ2v) is 9.79. The Bertz CT molecular complexity index is 1390. The molecular formula is C31H34F2N4O5. The monoisotopic (exact) mass is 580 g/mol. The van der Waals surface area contributed by atoms with Gasteiger partial charge in [0.15, 0.2) is 0 Å². The SMILES string of the molecule is O=C(NCCF)NC1CCc2c(O)cccc21.O=C(NCCF)NC1CCc2c(OC(=O)c3ccccc3)cccc21. The number of alkyl halides is 2. The van der Waals surface area contributed by atoms with E-state index in [2.05, 4.69) is 21.3 Å². The van der Waals surface area contributed by atoms with Crippen LogP contribution in [0.5, 0.6) is 11.5 Å². The van der Waals surface area contributed by atoms with Crippen LogP contribution in [-0.4, -0.2) is 49.6 Å². The number of fused-ring (bicyclic) bond motifs is 2. The first-order chi connectivity index (χ1) is 20.4. The van der Waals surface area contributed by atoms with Crippen molar-refractivity contribution >= 4 is 18.0 Å². The molecule has 42 heavy (non-hydrogen) atoms. The van der Waals surface area contributed by atoms with Crippen molar-refractivity contribution in [1.29, 1.82) is 0 Å². The van der Waals surface area contributed by atoms with Crippen LogP contribution in [-0.2, 0) is 12.8 Å². The summed E-state index contributed by atoms with van der Waals surface area (Å²) in [5.74, 6) is 0.377. The molecule has 0 fully saturated rings. The summed E-state index contributed by atoms with van der Waals surface area (Å²) >= 11 is 0. The van der Waals surface area contributed by atoms with E-state index in [1.54, 1.807) is 48.5 Å². The molecule has 0 bridgehead atoms. The number of halogens is 2. The number of phenols is 1. The zero-order valence-electron chi connectivity index (χ0n) is 23.0. The third-order valence-electron chi connectivity index (χ3n) is 7.06. The van der Waals surface area contributed by atoms with Gasteiger partial charge in [-0.25, -0.2) is 23.2 Å². The molecule has 0 aliphatic heterocycles. The lowest BCUT2D eigenvalue weighted by molar-refractivity contribution is 0.0733. The van der Waals surface area contributed by atoms with Crippen LogP contribution >= 0.6 is 0 Å². The topological polar surface area (TPSA) is 129 Å². The van der Waals surface area contributed by atoms with Crippen molar-refractivity contribution in [2.75, 3.05) is 26.4 Å². The highest BCUT2D eigenvalue weighted by molar-refractivity contribution is 5.91. The lowest BCUT2D eigenvalue weighted by atomic mass is 10.1. The van der Waals surface area contributed by atoms with Gasteiger partial charge in [-0.2, -0.15) is 0 Å². The minimum atomic E-state index is -0.603. The van der Waals surface area contributed by atoms with Gasteiger partial charge in [0.2, 0.25) is 0 Å². The lowest BCUT2D eigenvalue weighted by Gasteiger charge is -2.15. The molecule has 0 radical (unpaired) electrons. The maximum absolute atomic E-state index is 12.3. The maximum Gasteiger partial charge on any atom is 0.343 e. The molecule has 11 heteroatoms. The molecule has 2 atom stereocenters. The molecule has 222 valence electrons. The molecule has 0 heterocycles. The maximum atomic E-state index is 12.3. The summed E-state index contributed by atoms with van der Waals surface area (Å²) in [6.07, 6.45) is 2.91. The molecule has 9 nitrogen and oxygen atoms in total. The second kappa shape index (κ2) is 14.8. The summed E-state index contributed by atoms with van der Waals surface area (Å²) in [5, 5.41) is 20.1. The standard InChI is InChI=1S/C19H19FN2O3.C12H15FN2O2/c20-11-12-21-19(24)22-16-10-9-15-14(16)7-4-8-17(15)25-18(23)13-5-2-1-3-6-13;13-6-7-14-12(17)15-10-5-4-9-8(10)2-1-3-11(9)16/h1-8,16H,9-12H2,(H2,21,22,24);1-3,10,16H,4-7H2,(H2,14,15,17). The zero-order chi connectivity index (χ0) is 29.9. The number of urea groups is 2. The van der Waals surface area contributed by atoms with Crippen molar-refractivity contribution < 1.29 is 33.0 Å². The molecule has 3 aromatic rings. The highest BCUT2D eigenvalue weighted by Crippen LogP contribution is 2.37. The van der Waals surface area contributed by atoms with Crippen LogP contribution in [0.2, 0.25) is 0 Å². The predicted molar refractivity (Wildman–Crippen MR) is 153 cm³/mol. The molecule has 3 aromatic carbocycles. The van der Waals surface area contributed by atoms with E-state index in [0.717, 1.165) is 35.1 Å². The first kappa shape index (κ1) is 30.3. The third-order valence-corrected chi connectivity index (χ3v) is 7.06. The van der Waals surface area contributed by atoms with Crippen LogP contribution in [0.25, 0.3) is 0 Å². The quantitative estimate of drug-likeness (QED) is 0.193. The van der Waals surface area contributed by atoms with Crippen molar-refractivity contribution in [3.05, 3.63) is 94.5 Å². The van der Waals surface area contributed by atoms with Gasteiger partial charge in [-0.15, -0.1) is 0 Å². The van der Waals surface area contributed by atoms with Gasteiger partial charge in [0.05, 0.1) is 17.6 Å². The van der Waals surface area contributed by atoms with Gasteiger partial charge >= 0.3 is 18.0 Å². The fourth-order valence-electron chi connectivity index (χ4n) is 5.12. The van der Waals surface area contributed by atoms with E-state index in [9.17, 15) is 28.3 Å². The molecule has 0 aromatic heterocycles. The van der Waals surface area contributed by atoms with Crippen molar-refractivity contribution in [2.45, 2.75) is 37.8 Å². The molecular weight excluding hydrogens is 546 g/mol. The predicted octanol–water partition coefficient (Wildman–Crippen LogP) is 4.81. The summed E-state index contributed by atoms with van der Waals surface area (Å²) in [7, 11) is 0. The fraction of sp³-hybridized carbons (Fsp3) is 0.323. The highest BCUT2D eigenvalue weighted by Gasteiger charge is 2.28. The molecule has 2 aliphatic carbocycles. The number of carbonyl (C=O) groups is 3. The molecule has 5 N–H and O–H groups in total. The van der Waals surface area contributed by atoms with Crippen molar-refractivity contribution in [3.8, 4) is 11.5 Å². The smallest absolute Gasteiger partial charge is 0.343 e. The van der Waals surface area contributed by atoms with Gasteiger partial charge in [0.25, 0.3) is 0 Å². The van der Waals surface area contributed by atoms with Crippen LogP contribution in [0.1, 0.15) is 57.5 Å². The number of amides is 4. The third kappa shape index (κ3) is 7.74. The lowest BCUT2D eigenvalue weighted by Crippen LogP contribution is -2.38. The largest absolute Gasteiger partial charge is 0.508 e. The van der Waals surface area contributed by atoms with E-state index >= 15 is 0 Å². The highest BCUT2D eigenvalue weighted by atomic mass is 19.1. The van der Waals surface area contributed by atoms with Crippen molar-refractivity contribution in [2.24, 2.45) is 0 Å². The number of rotatable bonds is 8. The first-order valence-electron chi connectivity index (χ1n) is 13.8. The van der Waals surface area contributed by atoms with E-state index in [1.807, 2.05) is 18.2 Å². The van der Waals surface area contributed by atoms with Crippen molar-refractivity contribution in [3.63, 3.8) is 0 Å². The number of esters is 1. The van der Waals surface area contributed by atoms with Crippen LogP contribution in [0.3, 0.4) is 0 Å². The van der Waals surface area contributed by atoms with E-state index < -0.39 is 25.3 Å². The van der Waals surface area contributed by atoms with Gasteiger partial charge in [0, 0.05) is 18.7 Å². The number of hydrogen-bond acceptors (Lipinski definition) is 5. The Morgan fingerprint density at radius 3 is 1.88 bits per heavy atom. The Hall–Kier alpha value is -4.67. The van der Waals surface area contributed by atoms with Crippen LogP contribution < -0.4 is 26.0 Å². The number of hydrogen-bond donors (Lipinski definition) is 5. The van der Waals surface area contributed by atoms with Crippen LogP contribution in [0.15, 0.2) is 66.7 Å². The Kier molecular flexibility index (Phi) is 10.7. The van der Waals surface area contributed by atoms with E-state index in [0.29, 0.717) is 24.2 Å². The van der Waals surface area contributed by atoms with Crippen LogP contribution in [0.4, 0.5) is 18.4 Å². The molecule has 0 saturated heterocycles. The van der Waals surface area contributed by atoms with Gasteiger partial charge in [0.1, 0.15) is 24.8 Å². The summed E-state index contributed by atoms with van der Waals surface area (Å²) in [4.78, 5) is 35.4. The Labute approximate surface area is 242 Å². The van der Waals surface area contributed by atoms with Crippen molar-refractivity contribution in [1.82, 2.24) is 21.3 Å². The minimum absolute atomic E-state index is 0.0138. The van der Waals surface area contributed by atoms with Gasteiger partial charge in [-0.05, 0) is 66.6 Å². The van der Waals surface area contributed by atoms with Gasteiger partial charge in [-0.3, -0.25) is 0 Å². The molecule has 2 unspecified atom stereocenters. The fourth-order valence-corrected chi connectivity index (χ4v) is 5.12. The normalized spacial score (nSPS) is 16.2. The second-order valence-electron chi connectivity index (χ2n) is 9.79. The zero-order valence-corrected chi connectivity index (χ0v) is 23.0. The van der Waals surface area contributed by atoms with E-state index in [1.165, 1.54) is 0 Å². The number of carbonyl (C=O) groups excluding carboxylic acids is 3. The van der Waals surface area contributed by atoms with Crippen LogP contribution in [0, 0.1) is 0 Å². The average molecular weight is 581 g/mol. The number of nitrogens with one attached hydrogen (secondary N) is 4. The van der Waals surface area contributed by atoms with Gasteiger partial charge < -0.3 is 31.1 Å². The Morgan fingerprint density at radius 1 is 0.738 bits per heavy atom. The molecule has 4 amide bonds. The Morgan fingerprint density at radius 2 is 1.29 bits per heavy atom.